The molecule has 3 nitrogen and oxygen atoms in total. The van der Waals surface area contributed by atoms with Crippen molar-refractivity contribution in [2.45, 2.75) is 13.0 Å². The standard InChI is InChI=1S/C21H17NO2S2/c1-15(12-16-8-4-2-5-9-16)13-19-20(24)22(21(25)26-19)18(14-23)17-10-6-3-7-11-17/h2-14,18H,1H3/b15-12+,19-13-. The molecule has 1 aliphatic heterocycles. The second-order valence-corrected chi connectivity index (χ2v) is 7.52. The fourth-order valence-corrected chi connectivity index (χ4v) is 4.10. The van der Waals surface area contributed by atoms with Crippen LogP contribution >= 0.6 is 24.0 Å². The minimum absolute atomic E-state index is 0.234. The number of hydrogen-bond acceptors (Lipinski definition) is 4. The fourth-order valence-electron chi connectivity index (χ4n) is 2.72. The Morgan fingerprint density at radius 1 is 1.08 bits per heavy atom. The molecule has 2 aromatic carbocycles. The van der Waals surface area contributed by atoms with E-state index >= 15 is 0 Å². The monoisotopic (exact) mass is 379 g/mol. The molecule has 0 saturated carbocycles. The third-order valence-electron chi connectivity index (χ3n) is 3.92. The largest absolute Gasteiger partial charge is 0.301 e. The van der Waals surface area contributed by atoms with Crippen molar-refractivity contribution in [1.29, 1.82) is 0 Å². The van der Waals surface area contributed by atoms with E-state index in [2.05, 4.69) is 0 Å². The Labute approximate surface area is 162 Å². The van der Waals surface area contributed by atoms with Gasteiger partial charge in [0.25, 0.3) is 5.91 Å². The Morgan fingerprint density at radius 2 is 1.69 bits per heavy atom. The van der Waals surface area contributed by atoms with E-state index in [1.165, 1.54) is 16.7 Å². The Morgan fingerprint density at radius 3 is 2.31 bits per heavy atom. The lowest BCUT2D eigenvalue weighted by atomic mass is 10.1. The van der Waals surface area contributed by atoms with Crippen molar-refractivity contribution in [2.75, 3.05) is 0 Å². The molecule has 1 aliphatic rings. The van der Waals surface area contributed by atoms with E-state index in [4.69, 9.17) is 12.2 Å². The molecule has 1 heterocycles. The van der Waals surface area contributed by atoms with Crippen LogP contribution in [0, 0.1) is 0 Å². The molecule has 5 heteroatoms. The lowest BCUT2D eigenvalue weighted by Crippen LogP contribution is -2.33. The molecule has 0 spiro atoms. The normalized spacial score (nSPS) is 17.7. The predicted molar refractivity (Wildman–Crippen MR) is 110 cm³/mol. The Kier molecular flexibility index (Phi) is 5.81. The number of nitrogens with zero attached hydrogens (tertiary/aromatic N) is 1. The number of amides is 1. The van der Waals surface area contributed by atoms with Crippen LogP contribution in [0.3, 0.4) is 0 Å². The van der Waals surface area contributed by atoms with E-state index in [0.717, 1.165) is 23.0 Å². The first-order chi connectivity index (χ1) is 12.6. The summed E-state index contributed by atoms with van der Waals surface area (Å²) < 4.78 is 0.398. The summed E-state index contributed by atoms with van der Waals surface area (Å²) in [5.74, 6) is -0.234. The van der Waals surface area contributed by atoms with Crippen LogP contribution < -0.4 is 0 Å². The first-order valence-corrected chi connectivity index (χ1v) is 9.33. The highest BCUT2D eigenvalue weighted by atomic mass is 32.2. The van der Waals surface area contributed by atoms with Gasteiger partial charge in [-0.1, -0.05) is 90.7 Å². The highest BCUT2D eigenvalue weighted by Gasteiger charge is 2.37. The van der Waals surface area contributed by atoms with Crippen molar-refractivity contribution >= 4 is 46.6 Å². The molecule has 0 aromatic heterocycles. The average molecular weight is 380 g/mol. The maximum atomic E-state index is 12.8. The maximum absolute atomic E-state index is 12.8. The zero-order valence-corrected chi connectivity index (χ0v) is 15.8. The molecule has 1 atom stereocenters. The minimum Gasteiger partial charge on any atom is -0.301 e. The molecule has 0 N–H and O–H groups in total. The van der Waals surface area contributed by atoms with E-state index in [1.54, 1.807) is 0 Å². The van der Waals surface area contributed by atoms with E-state index in [9.17, 15) is 9.59 Å². The molecule has 26 heavy (non-hydrogen) atoms. The number of carbonyl (C=O) groups is 2. The number of hydrogen-bond donors (Lipinski definition) is 0. The lowest BCUT2D eigenvalue weighted by molar-refractivity contribution is -0.127. The second kappa shape index (κ2) is 8.25. The molecule has 2 aromatic rings. The third-order valence-corrected chi connectivity index (χ3v) is 5.25. The molecular formula is C21H17NO2S2. The summed E-state index contributed by atoms with van der Waals surface area (Å²) in [4.78, 5) is 26.4. The number of thioether (sulfide) groups is 1. The molecule has 0 radical (unpaired) electrons. The van der Waals surface area contributed by atoms with Crippen molar-refractivity contribution in [3.8, 4) is 0 Å². The van der Waals surface area contributed by atoms with Crippen LogP contribution in [0.15, 0.2) is 77.2 Å². The summed E-state index contributed by atoms with van der Waals surface area (Å²) in [5, 5.41) is 0. The van der Waals surface area contributed by atoms with Gasteiger partial charge >= 0.3 is 0 Å². The number of aldehydes is 1. The van der Waals surface area contributed by atoms with Crippen molar-refractivity contribution in [3.63, 3.8) is 0 Å². The quantitative estimate of drug-likeness (QED) is 0.426. The SMILES string of the molecule is CC(/C=C1\SC(=S)N(C(C=O)c2ccccc2)C1=O)=C\c1ccccc1. The van der Waals surface area contributed by atoms with Gasteiger partial charge in [-0.2, -0.15) is 0 Å². The number of allylic oxidation sites excluding steroid dienone is 2. The van der Waals surface area contributed by atoms with Crippen LogP contribution in [0.2, 0.25) is 0 Å². The number of rotatable bonds is 5. The van der Waals surface area contributed by atoms with Crippen molar-refractivity contribution in [3.05, 3.63) is 88.3 Å². The molecule has 0 bridgehead atoms. The van der Waals surface area contributed by atoms with E-state index in [1.807, 2.05) is 79.7 Å². The smallest absolute Gasteiger partial charge is 0.267 e. The minimum atomic E-state index is -0.701. The van der Waals surface area contributed by atoms with Gasteiger partial charge in [0.1, 0.15) is 16.6 Å². The second-order valence-electron chi connectivity index (χ2n) is 5.84. The van der Waals surface area contributed by atoms with Gasteiger partial charge in [0.2, 0.25) is 0 Å². The number of carbonyl (C=O) groups excluding carboxylic acids is 2. The molecule has 0 aliphatic carbocycles. The summed E-state index contributed by atoms with van der Waals surface area (Å²) in [6.45, 7) is 1.94. The summed E-state index contributed by atoms with van der Waals surface area (Å²) in [6.07, 6.45) is 4.58. The van der Waals surface area contributed by atoms with Crippen molar-refractivity contribution in [1.82, 2.24) is 4.90 Å². The van der Waals surface area contributed by atoms with E-state index in [-0.39, 0.29) is 5.91 Å². The molecular weight excluding hydrogens is 362 g/mol. The first-order valence-electron chi connectivity index (χ1n) is 8.11. The zero-order chi connectivity index (χ0) is 18.5. The Balaban J connectivity index is 1.86. The van der Waals surface area contributed by atoms with Gasteiger partial charge in [-0.25, -0.2) is 0 Å². The molecule has 1 unspecified atom stereocenters. The fraction of sp³-hybridized carbons (Fsp3) is 0.0952. The first kappa shape index (κ1) is 18.3. The van der Waals surface area contributed by atoms with Gasteiger partial charge in [0, 0.05) is 0 Å². The van der Waals surface area contributed by atoms with Gasteiger partial charge < -0.3 is 4.79 Å². The molecule has 1 fully saturated rings. The summed E-state index contributed by atoms with van der Waals surface area (Å²) in [6, 6.07) is 18.4. The summed E-state index contributed by atoms with van der Waals surface area (Å²) >= 11 is 6.60. The highest BCUT2D eigenvalue weighted by molar-refractivity contribution is 8.26. The molecule has 3 rings (SSSR count). The van der Waals surface area contributed by atoms with Crippen LogP contribution in [-0.4, -0.2) is 21.4 Å². The van der Waals surface area contributed by atoms with Crippen LogP contribution in [0.1, 0.15) is 24.1 Å². The van der Waals surface area contributed by atoms with Gasteiger partial charge in [-0.05, 0) is 29.7 Å². The molecule has 130 valence electrons. The van der Waals surface area contributed by atoms with Gasteiger partial charge in [-0.15, -0.1) is 0 Å². The maximum Gasteiger partial charge on any atom is 0.267 e. The molecule has 1 amide bonds. The Bertz CT molecular complexity index is 889. The van der Waals surface area contributed by atoms with E-state index in [0.29, 0.717) is 9.23 Å². The van der Waals surface area contributed by atoms with Crippen LogP contribution in [0.4, 0.5) is 0 Å². The van der Waals surface area contributed by atoms with Crippen LogP contribution in [0.5, 0.6) is 0 Å². The Hall–Kier alpha value is -2.50. The van der Waals surface area contributed by atoms with Crippen molar-refractivity contribution in [2.24, 2.45) is 0 Å². The van der Waals surface area contributed by atoms with Crippen molar-refractivity contribution < 1.29 is 9.59 Å². The average Bonchev–Trinajstić information content (AvgIpc) is 2.92. The topological polar surface area (TPSA) is 37.4 Å². The lowest BCUT2D eigenvalue weighted by Gasteiger charge is -2.22. The van der Waals surface area contributed by atoms with Crippen LogP contribution in [0.25, 0.3) is 6.08 Å². The molecule has 1 saturated heterocycles. The third kappa shape index (κ3) is 4.00. The highest BCUT2D eigenvalue weighted by Crippen LogP contribution is 2.37. The number of benzene rings is 2. The van der Waals surface area contributed by atoms with Gasteiger partial charge in [0.05, 0.1) is 4.91 Å². The predicted octanol–water partition coefficient (Wildman–Crippen LogP) is 4.77. The zero-order valence-electron chi connectivity index (χ0n) is 14.2. The summed E-state index contributed by atoms with van der Waals surface area (Å²) in [5.41, 5.74) is 2.75. The van der Waals surface area contributed by atoms with Gasteiger partial charge in [-0.3, -0.25) is 9.69 Å². The summed E-state index contributed by atoms with van der Waals surface area (Å²) in [7, 11) is 0. The van der Waals surface area contributed by atoms with E-state index < -0.39 is 6.04 Å². The number of thiocarbonyl (C=S) groups is 1. The van der Waals surface area contributed by atoms with Gasteiger partial charge in [0.15, 0.2) is 0 Å². The van der Waals surface area contributed by atoms with Crippen LogP contribution in [-0.2, 0) is 9.59 Å².